The van der Waals surface area contributed by atoms with E-state index in [1.165, 1.54) is 17.8 Å². The summed E-state index contributed by atoms with van der Waals surface area (Å²) in [6.45, 7) is 0. The molecule has 2 rings (SSSR count). The van der Waals surface area contributed by atoms with E-state index >= 15 is 0 Å². The second kappa shape index (κ2) is 4.70. The van der Waals surface area contributed by atoms with Gasteiger partial charge in [-0.2, -0.15) is 0 Å². The van der Waals surface area contributed by atoms with Gasteiger partial charge in [0.25, 0.3) is 0 Å². The van der Waals surface area contributed by atoms with Crippen molar-refractivity contribution in [2.75, 3.05) is 5.75 Å². The Morgan fingerprint density at radius 1 is 1.44 bits per heavy atom. The molecule has 1 N–H and O–H groups in total. The lowest BCUT2D eigenvalue weighted by Gasteiger charge is -2.07. The first-order valence-corrected chi connectivity index (χ1v) is 6.15. The van der Waals surface area contributed by atoms with Crippen LogP contribution in [0.3, 0.4) is 0 Å². The molecule has 1 aromatic rings. The predicted octanol–water partition coefficient (Wildman–Crippen LogP) is 2.24. The van der Waals surface area contributed by atoms with Gasteiger partial charge in [0.2, 0.25) is 0 Å². The highest BCUT2D eigenvalue weighted by Gasteiger charge is 2.28. The van der Waals surface area contributed by atoms with Crippen LogP contribution in [0.5, 0.6) is 5.75 Å². The molecule has 1 atom stereocenters. The number of hydrogen-bond acceptors (Lipinski definition) is 4. The van der Waals surface area contributed by atoms with Gasteiger partial charge in [-0.3, -0.25) is 9.59 Å². The van der Waals surface area contributed by atoms with Crippen LogP contribution in [0.4, 0.5) is 0 Å². The minimum atomic E-state index is -0.169. The first-order chi connectivity index (χ1) is 7.68. The number of hydrogen-bond donors (Lipinski definition) is 1. The molecule has 1 unspecified atom stereocenters. The minimum absolute atomic E-state index is 0.00870. The van der Waals surface area contributed by atoms with Crippen molar-refractivity contribution in [2.24, 2.45) is 5.92 Å². The Kier molecular flexibility index (Phi) is 3.29. The number of rotatable bonds is 3. The van der Waals surface area contributed by atoms with E-state index in [4.69, 9.17) is 0 Å². The van der Waals surface area contributed by atoms with Gasteiger partial charge in [0, 0.05) is 18.1 Å². The summed E-state index contributed by atoms with van der Waals surface area (Å²) in [5, 5.41) is 9.61. The standard InChI is InChI=1S/C12H12O3S/c13-10-4-2-1-3-9(10)11(14)7-8-5-6-16-12(8)15/h1-4,8,13H,5-7H2. The van der Waals surface area contributed by atoms with Crippen molar-refractivity contribution in [3.05, 3.63) is 29.8 Å². The number of phenols is 1. The summed E-state index contributed by atoms with van der Waals surface area (Å²) < 4.78 is 0. The van der Waals surface area contributed by atoms with Gasteiger partial charge in [-0.1, -0.05) is 23.9 Å². The van der Waals surface area contributed by atoms with Crippen LogP contribution >= 0.6 is 11.8 Å². The molecule has 0 aliphatic carbocycles. The summed E-state index contributed by atoms with van der Waals surface area (Å²) in [5.74, 6) is 0.471. The molecule has 1 aliphatic heterocycles. The van der Waals surface area contributed by atoms with E-state index in [0.717, 1.165) is 12.2 Å². The fourth-order valence-electron chi connectivity index (χ4n) is 1.77. The maximum absolute atomic E-state index is 11.8. The highest BCUT2D eigenvalue weighted by Crippen LogP contribution is 2.30. The fourth-order valence-corrected chi connectivity index (χ4v) is 2.81. The molecule has 1 saturated heterocycles. The molecule has 0 amide bonds. The van der Waals surface area contributed by atoms with E-state index in [1.807, 2.05) is 0 Å². The molecule has 1 fully saturated rings. The van der Waals surface area contributed by atoms with E-state index in [1.54, 1.807) is 18.2 Å². The second-order valence-electron chi connectivity index (χ2n) is 3.80. The Morgan fingerprint density at radius 3 is 2.81 bits per heavy atom. The van der Waals surface area contributed by atoms with Crippen molar-refractivity contribution in [1.82, 2.24) is 0 Å². The third kappa shape index (κ3) is 2.27. The molecule has 16 heavy (non-hydrogen) atoms. The predicted molar refractivity (Wildman–Crippen MR) is 62.6 cm³/mol. The molecule has 4 heteroatoms. The Balaban J connectivity index is 2.09. The average Bonchev–Trinajstić information content (AvgIpc) is 2.65. The Labute approximate surface area is 97.9 Å². The minimum Gasteiger partial charge on any atom is -0.507 e. The lowest BCUT2D eigenvalue weighted by Crippen LogP contribution is -2.11. The van der Waals surface area contributed by atoms with Crippen LogP contribution in [0.1, 0.15) is 23.2 Å². The quantitative estimate of drug-likeness (QED) is 0.818. The first-order valence-electron chi connectivity index (χ1n) is 5.16. The second-order valence-corrected chi connectivity index (χ2v) is 4.90. The number of benzene rings is 1. The molecule has 0 aromatic heterocycles. The zero-order valence-corrected chi connectivity index (χ0v) is 9.50. The van der Waals surface area contributed by atoms with Crippen molar-refractivity contribution in [1.29, 1.82) is 0 Å². The van der Waals surface area contributed by atoms with Crippen LogP contribution in [-0.2, 0) is 4.79 Å². The van der Waals surface area contributed by atoms with Crippen LogP contribution < -0.4 is 0 Å². The van der Waals surface area contributed by atoms with E-state index < -0.39 is 0 Å². The number of phenolic OH excluding ortho intramolecular Hbond substituents is 1. The Morgan fingerprint density at radius 2 is 2.19 bits per heavy atom. The van der Waals surface area contributed by atoms with Gasteiger partial charge in [-0.05, 0) is 18.6 Å². The molecule has 84 valence electrons. The summed E-state index contributed by atoms with van der Waals surface area (Å²) in [4.78, 5) is 23.2. The Hall–Kier alpha value is -1.29. The van der Waals surface area contributed by atoms with Crippen LogP contribution in [-0.4, -0.2) is 21.8 Å². The SMILES string of the molecule is O=C(CC1CCSC1=O)c1ccccc1O. The molecule has 0 bridgehead atoms. The summed E-state index contributed by atoms with van der Waals surface area (Å²) in [6, 6.07) is 6.45. The van der Waals surface area contributed by atoms with Crippen LogP contribution in [0, 0.1) is 5.92 Å². The van der Waals surface area contributed by atoms with Crippen molar-refractivity contribution in [3.8, 4) is 5.75 Å². The number of carbonyl (C=O) groups is 2. The number of para-hydroxylation sites is 1. The highest BCUT2D eigenvalue weighted by molar-refractivity contribution is 8.14. The highest BCUT2D eigenvalue weighted by atomic mass is 32.2. The van der Waals surface area contributed by atoms with Gasteiger partial charge in [0.1, 0.15) is 5.75 Å². The van der Waals surface area contributed by atoms with Gasteiger partial charge in [-0.15, -0.1) is 0 Å². The van der Waals surface area contributed by atoms with Crippen molar-refractivity contribution < 1.29 is 14.7 Å². The van der Waals surface area contributed by atoms with Gasteiger partial charge >= 0.3 is 0 Å². The zero-order valence-electron chi connectivity index (χ0n) is 8.68. The van der Waals surface area contributed by atoms with Gasteiger partial charge in [0.05, 0.1) is 5.56 Å². The molecule has 1 heterocycles. The van der Waals surface area contributed by atoms with E-state index in [-0.39, 0.29) is 29.0 Å². The number of aromatic hydroxyl groups is 1. The topological polar surface area (TPSA) is 54.4 Å². The average molecular weight is 236 g/mol. The summed E-state index contributed by atoms with van der Waals surface area (Å²) in [7, 11) is 0. The zero-order chi connectivity index (χ0) is 11.5. The number of carbonyl (C=O) groups excluding carboxylic acids is 2. The number of thioether (sulfide) groups is 1. The van der Waals surface area contributed by atoms with Gasteiger partial charge in [-0.25, -0.2) is 0 Å². The van der Waals surface area contributed by atoms with Crippen molar-refractivity contribution in [2.45, 2.75) is 12.8 Å². The van der Waals surface area contributed by atoms with Crippen LogP contribution in [0.25, 0.3) is 0 Å². The maximum Gasteiger partial charge on any atom is 0.192 e. The molecule has 3 nitrogen and oxygen atoms in total. The molecule has 0 radical (unpaired) electrons. The molecule has 1 aliphatic rings. The lowest BCUT2D eigenvalue weighted by atomic mass is 9.97. The van der Waals surface area contributed by atoms with Gasteiger partial charge in [0.15, 0.2) is 10.9 Å². The van der Waals surface area contributed by atoms with E-state index in [2.05, 4.69) is 0 Å². The third-order valence-electron chi connectivity index (χ3n) is 2.68. The summed E-state index contributed by atoms with van der Waals surface area (Å²) >= 11 is 1.29. The van der Waals surface area contributed by atoms with E-state index in [9.17, 15) is 14.7 Å². The Bertz CT molecular complexity index is 428. The number of Topliss-reactive ketones (excluding diaryl/α,β-unsaturated/α-hetero) is 1. The summed E-state index contributed by atoms with van der Waals surface area (Å²) in [5.41, 5.74) is 0.312. The van der Waals surface area contributed by atoms with Crippen LogP contribution in [0.15, 0.2) is 24.3 Å². The monoisotopic (exact) mass is 236 g/mol. The fraction of sp³-hybridized carbons (Fsp3) is 0.333. The first kappa shape index (κ1) is 11.2. The maximum atomic E-state index is 11.8. The molecule has 1 aromatic carbocycles. The number of ketones is 1. The smallest absolute Gasteiger partial charge is 0.192 e. The van der Waals surface area contributed by atoms with Crippen molar-refractivity contribution >= 4 is 22.7 Å². The molecular formula is C12H12O3S. The third-order valence-corrected chi connectivity index (χ3v) is 3.74. The van der Waals surface area contributed by atoms with Crippen LogP contribution in [0.2, 0.25) is 0 Å². The summed E-state index contributed by atoms with van der Waals surface area (Å²) in [6.07, 6.45) is 0.978. The lowest BCUT2D eigenvalue weighted by molar-refractivity contribution is -0.113. The van der Waals surface area contributed by atoms with Crippen molar-refractivity contribution in [3.63, 3.8) is 0 Å². The largest absolute Gasteiger partial charge is 0.507 e. The molecular weight excluding hydrogens is 224 g/mol. The molecule has 0 spiro atoms. The normalized spacial score (nSPS) is 20.0. The van der Waals surface area contributed by atoms with E-state index in [0.29, 0.717) is 5.56 Å². The van der Waals surface area contributed by atoms with Gasteiger partial charge < -0.3 is 5.11 Å². The molecule has 0 saturated carbocycles.